The minimum Gasteiger partial charge on any atom is -0.383 e. The van der Waals surface area contributed by atoms with Crippen LogP contribution in [0.2, 0.25) is 0 Å². The van der Waals surface area contributed by atoms with Crippen LogP contribution in [0, 0.1) is 5.92 Å². The van der Waals surface area contributed by atoms with Gasteiger partial charge in [0.15, 0.2) is 0 Å². The van der Waals surface area contributed by atoms with Gasteiger partial charge in [-0.2, -0.15) is 0 Å². The molecule has 1 saturated heterocycles. The van der Waals surface area contributed by atoms with Crippen LogP contribution in [0.15, 0.2) is 23.1 Å². The summed E-state index contributed by atoms with van der Waals surface area (Å²) in [5.41, 5.74) is 1.09. The minimum absolute atomic E-state index is 0.0709. The molecule has 0 saturated carbocycles. The van der Waals surface area contributed by atoms with Gasteiger partial charge in [0, 0.05) is 37.9 Å². The second kappa shape index (κ2) is 5.87. The van der Waals surface area contributed by atoms with Crippen LogP contribution in [0.4, 0.5) is 5.69 Å². The molecule has 1 atom stereocenters. The first-order valence-electron chi connectivity index (χ1n) is 6.31. The first-order valence-corrected chi connectivity index (χ1v) is 6.31. The van der Waals surface area contributed by atoms with Gasteiger partial charge in [-0.3, -0.25) is 4.79 Å². The van der Waals surface area contributed by atoms with E-state index in [1.807, 2.05) is 12.3 Å². The number of aryl methyl sites for hydroxylation is 1. The van der Waals surface area contributed by atoms with Gasteiger partial charge in [0.25, 0.3) is 5.56 Å². The van der Waals surface area contributed by atoms with E-state index >= 15 is 0 Å². The zero-order chi connectivity index (χ0) is 12.1. The average Bonchev–Trinajstić information content (AvgIpc) is 2.83. The Kier molecular flexibility index (Phi) is 4.20. The largest absolute Gasteiger partial charge is 0.383 e. The Labute approximate surface area is 102 Å². The van der Waals surface area contributed by atoms with E-state index in [4.69, 9.17) is 4.74 Å². The van der Waals surface area contributed by atoms with Crippen LogP contribution >= 0.6 is 0 Å². The molecule has 1 unspecified atom stereocenters. The molecule has 0 radical (unpaired) electrons. The lowest BCUT2D eigenvalue weighted by Crippen LogP contribution is -2.20. The molecule has 1 aromatic heterocycles. The van der Waals surface area contributed by atoms with Crippen LogP contribution in [0.25, 0.3) is 0 Å². The van der Waals surface area contributed by atoms with Crippen LogP contribution < -0.4 is 10.9 Å². The first-order chi connectivity index (χ1) is 8.29. The van der Waals surface area contributed by atoms with Crippen molar-refractivity contribution in [3.63, 3.8) is 0 Å². The van der Waals surface area contributed by atoms with Crippen molar-refractivity contribution in [2.45, 2.75) is 26.3 Å². The van der Waals surface area contributed by atoms with Crippen LogP contribution in [0.1, 0.15) is 19.8 Å². The van der Waals surface area contributed by atoms with Crippen LogP contribution in [0.3, 0.4) is 0 Å². The van der Waals surface area contributed by atoms with Crippen molar-refractivity contribution in [1.29, 1.82) is 0 Å². The van der Waals surface area contributed by atoms with Gasteiger partial charge in [-0.1, -0.05) is 6.92 Å². The van der Waals surface area contributed by atoms with Crippen molar-refractivity contribution >= 4 is 5.69 Å². The average molecular weight is 236 g/mol. The van der Waals surface area contributed by atoms with Gasteiger partial charge in [-0.05, 0) is 18.9 Å². The monoisotopic (exact) mass is 236 g/mol. The van der Waals surface area contributed by atoms with Crippen molar-refractivity contribution in [1.82, 2.24) is 4.57 Å². The Balaban J connectivity index is 1.95. The Bertz CT molecular complexity index is 408. The number of anilines is 1. The molecule has 94 valence electrons. The second-order valence-corrected chi connectivity index (χ2v) is 4.56. The molecular weight excluding hydrogens is 216 g/mol. The van der Waals surface area contributed by atoms with Crippen molar-refractivity contribution in [3.05, 3.63) is 28.7 Å². The normalized spacial score (nSPS) is 19.5. The minimum atomic E-state index is 0.0709. The Morgan fingerprint density at radius 1 is 1.53 bits per heavy atom. The molecule has 0 spiro atoms. The molecule has 1 aliphatic heterocycles. The zero-order valence-corrected chi connectivity index (χ0v) is 10.3. The van der Waals surface area contributed by atoms with Gasteiger partial charge in [0.1, 0.15) is 0 Å². The molecular formula is C13H20N2O2. The predicted molar refractivity (Wildman–Crippen MR) is 68.4 cm³/mol. The third-order valence-electron chi connectivity index (χ3n) is 3.07. The van der Waals surface area contributed by atoms with Crippen LogP contribution in [-0.2, 0) is 11.3 Å². The maximum Gasteiger partial charge on any atom is 0.250 e. The first kappa shape index (κ1) is 12.2. The lowest BCUT2D eigenvalue weighted by atomic mass is 10.1. The van der Waals surface area contributed by atoms with E-state index in [2.05, 4.69) is 12.2 Å². The molecule has 0 aromatic carbocycles. The molecule has 0 amide bonds. The standard InChI is InChI=1S/C13H20N2O2/c1-2-6-15-9-12(3-4-13(15)16)14-8-11-5-7-17-10-11/h3-4,9,11,14H,2,5-8,10H2,1H3. The number of nitrogens with one attached hydrogen (secondary N) is 1. The van der Waals surface area contributed by atoms with Crippen molar-refractivity contribution in [3.8, 4) is 0 Å². The molecule has 1 aromatic rings. The fourth-order valence-corrected chi connectivity index (χ4v) is 2.06. The summed E-state index contributed by atoms with van der Waals surface area (Å²) in [6.45, 7) is 5.50. The molecule has 1 N–H and O–H groups in total. The Morgan fingerprint density at radius 2 is 2.41 bits per heavy atom. The lowest BCUT2D eigenvalue weighted by molar-refractivity contribution is 0.187. The summed E-state index contributed by atoms with van der Waals surface area (Å²) in [5, 5.41) is 3.37. The summed E-state index contributed by atoms with van der Waals surface area (Å²) in [6, 6.07) is 3.48. The molecule has 0 aliphatic carbocycles. The number of aromatic nitrogens is 1. The highest BCUT2D eigenvalue weighted by atomic mass is 16.5. The van der Waals surface area contributed by atoms with Crippen molar-refractivity contribution in [2.75, 3.05) is 25.1 Å². The SMILES string of the molecule is CCCn1cc(NCC2CCOC2)ccc1=O. The smallest absolute Gasteiger partial charge is 0.250 e. The van der Waals surface area contributed by atoms with Crippen LogP contribution in [0.5, 0.6) is 0 Å². The molecule has 0 bridgehead atoms. The van der Waals surface area contributed by atoms with E-state index in [0.717, 1.165) is 44.8 Å². The number of pyridine rings is 1. The number of rotatable bonds is 5. The van der Waals surface area contributed by atoms with E-state index in [1.165, 1.54) is 0 Å². The van der Waals surface area contributed by atoms with Gasteiger partial charge < -0.3 is 14.6 Å². The van der Waals surface area contributed by atoms with Gasteiger partial charge in [-0.25, -0.2) is 0 Å². The lowest BCUT2D eigenvalue weighted by Gasteiger charge is -2.12. The molecule has 1 aliphatic rings. The zero-order valence-electron chi connectivity index (χ0n) is 10.3. The molecule has 17 heavy (non-hydrogen) atoms. The van der Waals surface area contributed by atoms with Gasteiger partial charge in [0.05, 0.1) is 12.3 Å². The third-order valence-corrected chi connectivity index (χ3v) is 3.07. The van der Waals surface area contributed by atoms with Crippen molar-refractivity contribution < 1.29 is 4.74 Å². The highest BCUT2D eigenvalue weighted by Gasteiger charge is 2.14. The summed E-state index contributed by atoms with van der Waals surface area (Å²) in [7, 11) is 0. The number of hydrogen-bond donors (Lipinski definition) is 1. The Hall–Kier alpha value is -1.29. The van der Waals surface area contributed by atoms with E-state index in [1.54, 1.807) is 10.6 Å². The van der Waals surface area contributed by atoms with E-state index < -0.39 is 0 Å². The van der Waals surface area contributed by atoms with Gasteiger partial charge in [0.2, 0.25) is 0 Å². The quantitative estimate of drug-likeness (QED) is 0.846. The number of ether oxygens (including phenoxy) is 1. The molecule has 1 fully saturated rings. The third kappa shape index (κ3) is 3.33. The fourth-order valence-electron chi connectivity index (χ4n) is 2.06. The number of hydrogen-bond acceptors (Lipinski definition) is 3. The summed E-state index contributed by atoms with van der Waals surface area (Å²) >= 11 is 0. The Morgan fingerprint density at radius 3 is 3.12 bits per heavy atom. The molecule has 2 rings (SSSR count). The van der Waals surface area contributed by atoms with Gasteiger partial charge in [-0.15, -0.1) is 0 Å². The molecule has 4 nitrogen and oxygen atoms in total. The topological polar surface area (TPSA) is 43.3 Å². The molecule has 2 heterocycles. The maximum absolute atomic E-state index is 11.5. The maximum atomic E-state index is 11.5. The highest BCUT2D eigenvalue weighted by molar-refractivity contribution is 5.40. The summed E-state index contributed by atoms with van der Waals surface area (Å²) in [5.74, 6) is 0.599. The highest BCUT2D eigenvalue weighted by Crippen LogP contribution is 2.13. The van der Waals surface area contributed by atoms with E-state index in [9.17, 15) is 4.79 Å². The summed E-state index contributed by atoms with van der Waals surface area (Å²) in [4.78, 5) is 11.5. The van der Waals surface area contributed by atoms with Crippen molar-refractivity contribution in [2.24, 2.45) is 5.92 Å². The van der Waals surface area contributed by atoms with Crippen LogP contribution in [-0.4, -0.2) is 24.3 Å². The van der Waals surface area contributed by atoms with E-state index in [0.29, 0.717) is 5.92 Å². The summed E-state index contributed by atoms with van der Waals surface area (Å²) < 4.78 is 7.09. The number of nitrogens with zero attached hydrogens (tertiary/aromatic N) is 1. The summed E-state index contributed by atoms with van der Waals surface area (Å²) in [6.07, 6.45) is 4.00. The van der Waals surface area contributed by atoms with Gasteiger partial charge >= 0.3 is 0 Å². The second-order valence-electron chi connectivity index (χ2n) is 4.56. The predicted octanol–water partition coefficient (Wildman–Crippen LogP) is 1.71. The fraction of sp³-hybridized carbons (Fsp3) is 0.615. The van der Waals surface area contributed by atoms with E-state index in [-0.39, 0.29) is 5.56 Å². The molecule has 4 heteroatoms.